The number of rotatable bonds is 8. The molecule has 0 bridgehead atoms. The second-order valence-electron chi connectivity index (χ2n) is 6.06. The number of nitrogens with one attached hydrogen (secondary N) is 1. The maximum Gasteiger partial charge on any atom is 0.188 e. The quantitative estimate of drug-likeness (QED) is 0.257. The highest BCUT2D eigenvalue weighted by atomic mass is 127. The Hall–Kier alpha value is -0.870. The first kappa shape index (κ1) is 22.2. The predicted molar refractivity (Wildman–Crippen MR) is 113 cm³/mol. The molecule has 1 atom stereocenters. The van der Waals surface area contributed by atoms with Gasteiger partial charge in [0.2, 0.25) is 0 Å². The first-order valence-electron chi connectivity index (χ1n) is 8.58. The minimum atomic E-state index is -3.22. The van der Waals surface area contributed by atoms with E-state index in [4.69, 9.17) is 5.73 Å². The van der Waals surface area contributed by atoms with Crippen LogP contribution in [0.4, 0.5) is 0 Å². The SMILES string of the molecule is CCN1CCCC1CN=C(N)NCCCS(=O)(=O)c1ccccc1.I. The smallest absolute Gasteiger partial charge is 0.188 e. The summed E-state index contributed by atoms with van der Waals surface area (Å²) in [5, 5.41) is 3.01. The maximum absolute atomic E-state index is 12.2. The van der Waals surface area contributed by atoms with Crippen LogP contribution in [0, 0.1) is 0 Å². The van der Waals surface area contributed by atoms with E-state index in [0.717, 1.165) is 13.1 Å². The van der Waals surface area contributed by atoms with Gasteiger partial charge in [0, 0.05) is 12.6 Å². The van der Waals surface area contributed by atoms with Crippen LogP contribution in [0.15, 0.2) is 40.2 Å². The number of nitrogens with two attached hydrogens (primary N) is 1. The van der Waals surface area contributed by atoms with Gasteiger partial charge in [-0.1, -0.05) is 25.1 Å². The van der Waals surface area contributed by atoms with Crippen molar-refractivity contribution < 1.29 is 8.42 Å². The summed E-state index contributed by atoms with van der Waals surface area (Å²) in [6.07, 6.45) is 2.89. The predicted octanol–water partition coefficient (Wildman–Crippen LogP) is 1.86. The van der Waals surface area contributed by atoms with Crippen LogP contribution in [0.25, 0.3) is 0 Å². The lowest BCUT2D eigenvalue weighted by Gasteiger charge is -2.20. The molecule has 25 heavy (non-hydrogen) atoms. The normalized spacial score (nSPS) is 18.8. The fourth-order valence-corrected chi connectivity index (χ4v) is 4.33. The van der Waals surface area contributed by atoms with Gasteiger partial charge in [-0.15, -0.1) is 24.0 Å². The third-order valence-electron chi connectivity index (χ3n) is 4.38. The van der Waals surface area contributed by atoms with Gasteiger partial charge in [-0.25, -0.2) is 8.42 Å². The second kappa shape index (κ2) is 11.0. The van der Waals surface area contributed by atoms with Crippen molar-refractivity contribution >= 4 is 39.8 Å². The van der Waals surface area contributed by atoms with Gasteiger partial charge < -0.3 is 11.1 Å². The average molecular weight is 480 g/mol. The standard InChI is InChI=1S/C17H28N4O2S.HI/c1-2-21-12-6-8-15(21)14-20-17(18)19-11-7-13-24(22,23)16-9-4-3-5-10-16;/h3-5,9-10,15H,2,6-8,11-14H2,1H3,(H3,18,19,20);1H. The zero-order chi connectivity index (χ0) is 17.4. The lowest BCUT2D eigenvalue weighted by Crippen LogP contribution is -2.36. The molecule has 1 aliphatic heterocycles. The summed E-state index contributed by atoms with van der Waals surface area (Å²) < 4.78 is 24.3. The van der Waals surface area contributed by atoms with E-state index in [1.54, 1.807) is 24.3 Å². The topological polar surface area (TPSA) is 87.8 Å². The zero-order valence-electron chi connectivity index (χ0n) is 14.7. The van der Waals surface area contributed by atoms with E-state index >= 15 is 0 Å². The Balaban J connectivity index is 0.00000312. The van der Waals surface area contributed by atoms with E-state index in [9.17, 15) is 8.42 Å². The number of likely N-dealkylation sites (tertiary alicyclic amines) is 1. The van der Waals surface area contributed by atoms with Crippen LogP contribution in [0.1, 0.15) is 26.2 Å². The number of nitrogens with zero attached hydrogens (tertiary/aromatic N) is 2. The Morgan fingerprint density at radius 2 is 2.08 bits per heavy atom. The van der Waals surface area contributed by atoms with Crippen LogP contribution >= 0.6 is 24.0 Å². The summed E-state index contributed by atoms with van der Waals surface area (Å²) in [6.45, 7) is 5.56. The number of hydrogen-bond acceptors (Lipinski definition) is 4. The molecule has 1 heterocycles. The van der Waals surface area contributed by atoms with E-state index in [2.05, 4.69) is 22.1 Å². The molecule has 0 spiro atoms. The molecule has 0 aromatic heterocycles. The molecule has 6 nitrogen and oxygen atoms in total. The van der Waals surface area contributed by atoms with Crippen molar-refractivity contribution in [2.75, 3.05) is 31.9 Å². The van der Waals surface area contributed by atoms with Crippen molar-refractivity contribution in [3.63, 3.8) is 0 Å². The van der Waals surface area contributed by atoms with Gasteiger partial charge >= 0.3 is 0 Å². The first-order chi connectivity index (χ1) is 11.5. The molecule has 1 saturated heterocycles. The number of guanidine groups is 1. The van der Waals surface area contributed by atoms with Crippen LogP contribution in [-0.2, 0) is 9.84 Å². The maximum atomic E-state index is 12.2. The summed E-state index contributed by atoms with van der Waals surface area (Å²) in [7, 11) is -3.22. The van der Waals surface area contributed by atoms with Gasteiger partial charge in [0.15, 0.2) is 15.8 Å². The van der Waals surface area contributed by atoms with Crippen molar-refractivity contribution in [3.8, 4) is 0 Å². The third kappa shape index (κ3) is 7.10. The first-order valence-corrected chi connectivity index (χ1v) is 10.2. The molecule has 8 heteroatoms. The molecule has 2 rings (SSSR count). The Labute approximate surface area is 168 Å². The number of hydrogen-bond donors (Lipinski definition) is 2. The fourth-order valence-electron chi connectivity index (χ4n) is 3.00. The summed E-state index contributed by atoms with van der Waals surface area (Å²) in [6, 6.07) is 9.01. The number of benzene rings is 1. The fraction of sp³-hybridized carbons (Fsp3) is 0.588. The Morgan fingerprint density at radius 3 is 2.76 bits per heavy atom. The van der Waals surface area contributed by atoms with Crippen LogP contribution < -0.4 is 11.1 Å². The van der Waals surface area contributed by atoms with E-state index in [0.29, 0.717) is 36.4 Å². The van der Waals surface area contributed by atoms with Crippen LogP contribution in [0.2, 0.25) is 0 Å². The Bertz CT molecular complexity index is 637. The molecule has 1 aliphatic rings. The highest BCUT2D eigenvalue weighted by Crippen LogP contribution is 2.16. The van der Waals surface area contributed by atoms with Crippen LogP contribution in [0.3, 0.4) is 0 Å². The monoisotopic (exact) mass is 480 g/mol. The third-order valence-corrected chi connectivity index (χ3v) is 6.19. The minimum Gasteiger partial charge on any atom is -0.370 e. The summed E-state index contributed by atoms with van der Waals surface area (Å²) in [5.41, 5.74) is 5.87. The summed E-state index contributed by atoms with van der Waals surface area (Å²) in [4.78, 5) is 7.18. The molecule has 0 radical (unpaired) electrons. The molecule has 1 aromatic rings. The average Bonchev–Trinajstić information content (AvgIpc) is 3.05. The molecular weight excluding hydrogens is 451 g/mol. The Morgan fingerprint density at radius 1 is 1.36 bits per heavy atom. The molecule has 1 unspecified atom stereocenters. The van der Waals surface area contributed by atoms with Crippen LogP contribution in [-0.4, -0.2) is 57.3 Å². The molecule has 3 N–H and O–H groups in total. The lowest BCUT2D eigenvalue weighted by atomic mass is 10.2. The van der Waals surface area contributed by atoms with Gasteiger partial charge in [-0.05, 0) is 44.5 Å². The zero-order valence-corrected chi connectivity index (χ0v) is 17.9. The van der Waals surface area contributed by atoms with Gasteiger partial charge in [-0.3, -0.25) is 9.89 Å². The summed E-state index contributed by atoms with van der Waals surface area (Å²) in [5.74, 6) is 0.499. The number of aliphatic imine (C=N–C) groups is 1. The minimum absolute atomic E-state index is 0. The van der Waals surface area contributed by atoms with Crippen LogP contribution in [0.5, 0.6) is 0 Å². The number of halogens is 1. The van der Waals surface area contributed by atoms with Gasteiger partial charge in [0.1, 0.15) is 0 Å². The van der Waals surface area contributed by atoms with Crippen molar-refractivity contribution in [1.29, 1.82) is 0 Å². The molecule has 1 aromatic carbocycles. The van der Waals surface area contributed by atoms with E-state index < -0.39 is 9.84 Å². The molecule has 142 valence electrons. The van der Waals surface area contributed by atoms with Crippen molar-refractivity contribution in [3.05, 3.63) is 30.3 Å². The van der Waals surface area contributed by atoms with E-state index in [1.165, 1.54) is 12.8 Å². The second-order valence-corrected chi connectivity index (χ2v) is 8.17. The molecule has 0 amide bonds. The van der Waals surface area contributed by atoms with Crippen molar-refractivity contribution in [1.82, 2.24) is 10.2 Å². The highest BCUT2D eigenvalue weighted by Gasteiger charge is 2.22. The van der Waals surface area contributed by atoms with Gasteiger partial charge in [0.25, 0.3) is 0 Å². The van der Waals surface area contributed by atoms with E-state index in [1.807, 2.05) is 6.07 Å². The number of likely N-dealkylation sites (N-methyl/N-ethyl adjacent to an activating group) is 1. The van der Waals surface area contributed by atoms with Gasteiger partial charge in [0.05, 0.1) is 17.2 Å². The molecule has 1 fully saturated rings. The van der Waals surface area contributed by atoms with E-state index in [-0.39, 0.29) is 29.7 Å². The lowest BCUT2D eigenvalue weighted by molar-refractivity contribution is 0.273. The summed E-state index contributed by atoms with van der Waals surface area (Å²) >= 11 is 0. The largest absolute Gasteiger partial charge is 0.370 e. The molecule has 0 aliphatic carbocycles. The number of sulfone groups is 1. The molecular formula is C17H29IN4O2S. The van der Waals surface area contributed by atoms with Gasteiger partial charge in [-0.2, -0.15) is 0 Å². The highest BCUT2D eigenvalue weighted by molar-refractivity contribution is 14.0. The Kier molecular flexibility index (Phi) is 9.73. The molecule has 0 saturated carbocycles. The van der Waals surface area contributed by atoms with Crippen molar-refractivity contribution in [2.24, 2.45) is 10.7 Å². The van der Waals surface area contributed by atoms with Crippen molar-refractivity contribution in [2.45, 2.75) is 37.1 Å².